The van der Waals surface area contributed by atoms with Crippen molar-refractivity contribution in [3.05, 3.63) is 0 Å². The molecule has 0 heterocycles. The lowest BCUT2D eigenvalue weighted by Crippen LogP contribution is -2.49. The van der Waals surface area contributed by atoms with E-state index in [1.807, 2.05) is 20.8 Å². The van der Waals surface area contributed by atoms with Crippen molar-refractivity contribution in [2.24, 2.45) is 17.1 Å². The summed E-state index contributed by atoms with van der Waals surface area (Å²) in [5.74, 6) is 0.669. The fourth-order valence-corrected chi connectivity index (χ4v) is 2.14. The predicted octanol–water partition coefficient (Wildman–Crippen LogP) is 2.48. The summed E-state index contributed by atoms with van der Waals surface area (Å²) in [5, 5.41) is 2.99. The topological polar surface area (TPSA) is 55.1 Å². The van der Waals surface area contributed by atoms with Crippen LogP contribution in [0.2, 0.25) is 0 Å². The average Bonchev–Trinajstić information content (AvgIpc) is 2.25. The first-order valence-corrected chi connectivity index (χ1v) is 6.44. The molecule has 1 aliphatic carbocycles. The third-order valence-corrected chi connectivity index (χ3v) is 3.51. The van der Waals surface area contributed by atoms with E-state index in [1.54, 1.807) is 0 Å². The SMILES string of the molecule is CC(C)(C)[C@H](N)C(=O)NCC1CCCCC1.Cl. The molecule has 0 bridgehead atoms. The van der Waals surface area contributed by atoms with Gasteiger partial charge in [0, 0.05) is 6.54 Å². The van der Waals surface area contributed by atoms with Crippen molar-refractivity contribution < 1.29 is 4.79 Å². The lowest BCUT2D eigenvalue weighted by atomic mass is 9.86. The van der Waals surface area contributed by atoms with Crippen molar-refractivity contribution in [1.29, 1.82) is 0 Å². The van der Waals surface area contributed by atoms with Crippen LogP contribution in [0.1, 0.15) is 52.9 Å². The number of carbonyl (C=O) groups excluding carboxylic acids is 1. The number of halogens is 1. The van der Waals surface area contributed by atoms with Crippen LogP contribution in [-0.4, -0.2) is 18.5 Å². The molecule has 0 radical (unpaired) electrons. The van der Waals surface area contributed by atoms with Gasteiger partial charge in [0.15, 0.2) is 0 Å². The summed E-state index contributed by atoms with van der Waals surface area (Å²) in [7, 11) is 0. The second-order valence-corrected chi connectivity index (χ2v) is 6.09. The van der Waals surface area contributed by atoms with Crippen LogP contribution in [0.15, 0.2) is 0 Å². The van der Waals surface area contributed by atoms with Crippen LogP contribution < -0.4 is 11.1 Å². The van der Waals surface area contributed by atoms with Gasteiger partial charge < -0.3 is 11.1 Å². The largest absolute Gasteiger partial charge is 0.354 e. The van der Waals surface area contributed by atoms with Crippen LogP contribution in [0.25, 0.3) is 0 Å². The number of nitrogens with two attached hydrogens (primary N) is 1. The molecule has 17 heavy (non-hydrogen) atoms. The fourth-order valence-electron chi connectivity index (χ4n) is 2.14. The molecule has 3 nitrogen and oxygen atoms in total. The first-order valence-electron chi connectivity index (χ1n) is 6.44. The first-order chi connectivity index (χ1) is 7.41. The van der Waals surface area contributed by atoms with Crippen molar-refractivity contribution in [2.75, 3.05) is 6.54 Å². The highest BCUT2D eigenvalue weighted by molar-refractivity contribution is 5.85. The lowest BCUT2D eigenvalue weighted by Gasteiger charge is -2.27. The van der Waals surface area contributed by atoms with Gasteiger partial charge in [-0.1, -0.05) is 40.0 Å². The molecule has 0 aromatic rings. The Balaban J connectivity index is 0.00000256. The van der Waals surface area contributed by atoms with E-state index in [9.17, 15) is 4.79 Å². The van der Waals surface area contributed by atoms with Crippen LogP contribution in [0.5, 0.6) is 0 Å². The normalized spacial score (nSPS) is 19.3. The Kier molecular flexibility index (Phi) is 7.10. The summed E-state index contributed by atoms with van der Waals surface area (Å²) < 4.78 is 0. The predicted molar refractivity (Wildman–Crippen MR) is 74.3 cm³/mol. The van der Waals surface area contributed by atoms with Crippen LogP contribution in [0.3, 0.4) is 0 Å². The quantitative estimate of drug-likeness (QED) is 0.821. The van der Waals surface area contributed by atoms with E-state index in [0.29, 0.717) is 5.92 Å². The Morgan fingerprint density at radius 2 is 1.82 bits per heavy atom. The van der Waals surface area contributed by atoms with Crippen LogP contribution in [0.4, 0.5) is 0 Å². The maximum atomic E-state index is 11.8. The number of hydrogen-bond acceptors (Lipinski definition) is 2. The minimum absolute atomic E-state index is 0. The zero-order valence-electron chi connectivity index (χ0n) is 11.3. The van der Waals surface area contributed by atoms with Gasteiger partial charge in [-0.2, -0.15) is 0 Å². The Bertz CT molecular complexity index is 232. The molecular formula is C13H27ClN2O. The lowest BCUT2D eigenvalue weighted by molar-refractivity contribution is -0.124. The van der Waals surface area contributed by atoms with E-state index >= 15 is 0 Å². The molecule has 0 unspecified atom stereocenters. The summed E-state index contributed by atoms with van der Waals surface area (Å²) in [6.07, 6.45) is 6.49. The van der Waals surface area contributed by atoms with Gasteiger partial charge >= 0.3 is 0 Å². The third kappa shape index (κ3) is 5.73. The minimum Gasteiger partial charge on any atom is -0.354 e. The summed E-state index contributed by atoms with van der Waals surface area (Å²) in [6, 6.07) is -0.406. The molecule has 1 aliphatic rings. The van der Waals surface area contributed by atoms with E-state index in [1.165, 1.54) is 32.1 Å². The maximum absolute atomic E-state index is 11.8. The molecular weight excluding hydrogens is 236 g/mol. The van der Waals surface area contributed by atoms with Crippen LogP contribution >= 0.6 is 12.4 Å². The highest BCUT2D eigenvalue weighted by atomic mass is 35.5. The van der Waals surface area contributed by atoms with Gasteiger partial charge in [0.25, 0.3) is 0 Å². The number of rotatable bonds is 3. The Labute approximate surface area is 111 Å². The highest BCUT2D eigenvalue weighted by Gasteiger charge is 2.27. The van der Waals surface area contributed by atoms with E-state index in [2.05, 4.69) is 5.32 Å². The van der Waals surface area contributed by atoms with Gasteiger partial charge in [-0.25, -0.2) is 0 Å². The summed E-state index contributed by atoms with van der Waals surface area (Å²) in [4.78, 5) is 11.8. The molecule has 0 spiro atoms. The Hall–Kier alpha value is -0.280. The zero-order chi connectivity index (χ0) is 12.2. The van der Waals surface area contributed by atoms with Gasteiger partial charge in [0.2, 0.25) is 5.91 Å². The molecule has 1 amide bonds. The number of hydrogen-bond donors (Lipinski definition) is 2. The molecule has 0 aliphatic heterocycles. The van der Waals surface area contributed by atoms with Crippen LogP contribution in [0, 0.1) is 11.3 Å². The van der Waals surface area contributed by atoms with Crippen molar-refractivity contribution in [1.82, 2.24) is 5.32 Å². The maximum Gasteiger partial charge on any atom is 0.237 e. The molecule has 1 saturated carbocycles. The Morgan fingerprint density at radius 3 is 2.29 bits per heavy atom. The number of carbonyl (C=O) groups is 1. The smallest absolute Gasteiger partial charge is 0.237 e. The van der Waals surface area contributed by atoms with Gasteiger partial charge in [-0.15, -0.1) is 12.4 Å². The van der Waals surface area contributed by atoms with Crippen LogP contribution in [-0.2, 0) is 4.79 Å². The second kappa shape index (κ2) is 7.22. The third-order valence-electron chi connectivity index (χ3n) is 3.51. The summed E-state index contributed by atoms with van der Waals surface area (Å²) in [5.41, 5.74) is 5.74. The van der Waals surface area contributed by atoms with E-state index in [-0.39, 0.29) is 23.7 Å². The standard InChI is InChI=1S/C13H26N2O.ClH/c1-13(2,3)11(14)12(16)15-9-10-7-5-4-6-8-10;/h10-11H,4-9,14H2,1-3H3,(H,15,16);1H/t11-;/m1./s1. The molecule has 1 fully saturated rings. The van der Waals surface area contributed by atoms with E-state index in [0.717, 1.165) is 6.54 Å². The summed E-state index contributed by atoms with van der Waals surface area (Å²) >= 11 is 0. The van der Waals surface area contributed by atoms with Gasteiger partial charge in [0.05, 0.1) is 6.04 Å². The summed E-state index contributed by atoms with van der Waals surface area (Å²) in [6.45, 7) is 6.80. The molecule has 0 aromatic carbocycles. The minimum atomic E-state index is -0.406. The monoisotopic (exact) mass is 262 g/mol. The van der Waals surface area contributed by atoms with Gasteiger partial charge in [-0.05, 0) is 24.2 Å². The van der Waals surface area contributed by atoms with Gasteiger partial charge in [0.1, 0.15) is 0 Å². The number of amides is 1. The molecule has 102 valence electrons. The fraction of sp³-hybridized carbons (Fsp3) is 0.923. The molecule has 0 saturated heterocycles. The molecule has 1 atom stereocenters. The van der Waals surface area contributed by atoms with E-state index < -0.39 is 6.04 Å². The molecule has 0 aromatic heterocycles. The average molecular weight is 263 g/mol. The second-order valence-electron chi connectivity index (χ2n) is 6.09. The van der Waals surface area contributed by atoms with Gasteiger partial charge in [-0.3, -0.25) is 4.79 Å². The van der Waals surface area contributed by atoms with Crippen molar-refractivity contribution in [3.63, 3.8) is 0 Å². The zero-order valence-corrected chi connectivity index (χ0v) is 12.1. The van der Waals surface area contributed by atoms with Crippen molar-refractivity contribution in [3.8, 4) is 0 Å². The molecule has 3 N–H and O–H groups in total. The van der Waals surface area contributed by atoms with E-state index in [4.69, 9.17) is 5.73 Å². The number of nitrogens with one attached hydrogen (secondary N) is 1. The highest BCUT2D eigenvalue weighted by Crippen LogP contribution is 2.23. The van der Waals surface area contributed by atoms with Crippen molar-refractivity contribution >= 4 is 18.3 Å². The Morgan fingerprint density at radius 1 is 1.29 bits per heavy atom. The molecule has 4 heteroatoms. The van der Waals surface area contributed by atoms with Crippen molar-refractivity contribution in [2.45, 2.75) is 58.9 Å². The first kappa shape index (κ1) is 16.7. The molecule has 1 rings (SSSR count).